The summed E-state index contributed by atoms with van der Waals surface area (Å²) >= 11 is 13.5. The Morgan fingerprint density at radius 1 is 1.47 bits per heavy atom. The molecular formula is C14H17Br2ClO2. The Kier molecular flexibility index (Phi) is 5.58. The molecule has 0 amide bonds. The summed E-state index contributed by atoms with van der Waals surface area (Å²) in [5.41, 5.74) is 1.10. The lowest BCUT2D eigenvalue weighted by Gasteiger charge is -2.33. The van der Waals surface area contributed by atoms with Crippen molar-refractivity contribution in [3.8, 4) is 5.75 Å². The highest BCUT2D eigenvalue weighted by atomic mass is 79.9. The van der Waals surface area contributed by atoms with Crippen LogP contribution in [0.1, 0.15) is 23.7 Å². The van der Waals surface area contributed by atoms with Crippen LogP contribution >= 0.6 is 43.5 Å². The van der Waals surface area contributed by atoms with Crippen molar-refractivity contribution in [1.82, 2.24) is 0 Å². The highest BCUT2D eigenvalue weighted by Gasteiger charge is 2.31. The van der Waals surface area contributed by atoms with Crippen LogP contribution in [-0.2, 0) is 4.74 Å². The van der Waals surface area contributed by atoms with Gasteiger partial charge in [-0.15, -0.1) is 0 Å². The van der Waals surface area contributed by atoms with Crippen molar-refractivity contribution in [2.24, 2.45) is 11.8 Å². The zero-order chi connectivity index (χ0) is 14.0. The number of hydrogen-bond acceptors (Lipinski definition) is 2. The topological polar surface area (TPSA) is 18.5 Å². The first-order valence-electron chi connectivity index (χ1n) is 6.29. The lowest BCUT2D eigenvalue weighted by atomic mass is 9.84. The Hall–Kier alpha value is 0.230. The molecule has 1 fully saturated rings. The molecule has 19 heavy (non-hydrogen) atoms. The SMILES string of the molecule is COc1c(Br)cc(Cl)cc1C(Br)C1CCOCC1C. The van der Waals surface area contributed by atoms with E-state index in [-0.39, 0.29) is 4.83 Å². The molecule has 1 heterocycles. The summed E-state index contributed by atoms with van der Waals surface area (Å²) in [6, 6.07) is 3.84. The summed E-state index contributed by atoms with van der Waals surface area (Å²) in [5, 5.41) is 0.715. The number of ether oxygens (including phenoxy) is 2. The second kappa shape index (κ2) is 6.79. The highest BCUT2D eigenvalue weighted by molar-refractivity contribution is 9.10. The fourth-order valence-electron chi connectivity index (χ4n) is 2.56. The van der Waals surface area contributed by atoms with E-state index in [2.05, 4.69) is 38.8 Å². The first-order chi connectivity index (χ1) is 9.04. The van der Waals surface area contributed by atoms with Crippen molar-refractivity contribution in [2.45, 2.75) is 18.2 Å². The Bertz CT molecular complexity index is 453. The molecule has 1 aromatic carbocycles. The molecule has 1 aliphatic rings. The molecule has 106 valence electrons. The number of methoxy groups -OCH3 is 1. The molecule has 0 N–H and O–H groups in total. The summed E-state index contributed by atoms with van der Waals surface area (Å²) < 4.78 is 11.9. The Balaban J connectivity index is 2.34. The van der Waals surface area contributed by atoms with Gasteiger partial charge in [-0.1, -0.05) is 34.5 Å². The maximum Gasteiger partial charge on any atom is 0.137 e. The van der Waals surface area contributed by atoms with Crippen molar-refractivity contribution < 1.29 is 9.47 Å². The van der Waals surface area contributed by atoms with E-state index >= 15 is 0 Å². The van der Waals surface area contributed by atoms with Crippen LogP contribution in [0.4, 0.5) is 0 Å². The van der Waals surface area contributed by atoms with Crippen molar-refractivity contribution in [2.75, 3.05) is 20.3 Å². The zero-order valence-corrected chi connectivity index (χ0v) is 14.9. The zero-order valence-electron chi connectivity index (χ0n) is 11.0. The van der Waals surface area contributed by atoms with Crippen LogP contribution in [0.2, 0.25) is 5.02 Å². The molecule has 2 rings (SSSR count). The first kappa shape index (κ1) is 15.6. The molecule has 1 aliphatic heterocycles. The summed E-state index contributed by atoms with van der Waals surface area (Å²) in [5.74, 6) is 1.89. The number of alkyl halides is 1. The maximum atomic E-state index is 6.17. The van der Waals surface area contributed by atoms with Crippen LogP contribution in [0.3, 0.4) is 0 Å². The quantitative estimate of drug-likeness (QED) is 0.634. The van der Waals surface area contributed by atoms with Crippen LogP contribution < -0.4 is 4.74 Å². The minimum Gasteiger partial charge on any atom is -0.495 e. The fraction of sp³-hybridized carbons (Fsp3) is 0.571. The average molecular weight is 413 g/mol. The standard InChI is InChI=1S/C14H17Br2ClO2/c1-8-7-19-4-3-10(8)13(16)11-5-9(17)6-12(15)14(11)18-2/h5-6,8,10,13H,3-4,7H2,1-2H3. The predicted molar refractivity (Wildman–Crippen MR) is 85.5 cm³/mol. The molecule has 3 unspecified atom stereocenters. The van der Waals surface area contributed by atoms with Crippen molar-refractivity contribution in [1.29, 1.82) is 0 Å². The van der Waals surface area contributed by atoms with Crippen LogP contribution in [0.15, 0.2) is 16.6 Å². The minimum atomic E-state index is 0.219. The van der Waals surface area contributed by atoms with E-state index in [1.807, 2.05) is 12.1 Å². The van der Waals surface area contributed by atoms with E-state index in [0.717, 1.165) is 35.4 Å². The fourth-order valence-corrected chi connectivity index (χ4v) is 4.68. The third-order valence-electron chi connectivity index (χ3n) is 3.62. The van der Waals surface area contributed by atoms with Gasteiger partial charge in [-0.3, -0.25) is 0 Å². The molecule has 0 aromatic heterocycles. The van der Waals surface area contributed by atoms with Gasteiger partial charge in [0.05, 0.1) is 11.6 Å². The van der Waals surface area contributed by atoms with Crippen LogP contribution in [0.25, 0.3) is 0 Å². The van der Waals surface area contributed by atoms with Gasteiger partial charge < -0.3 is 9.47 Å². The van der Waals surface area contributed by atoms with Gasteiger partial charge in [-0.2, -0.15) is 0 Å². The normalized spacial score (nSPS) is 25.1. The average Bonchev–Trinajstić information content (AvgIpc) is 2.37. The smallest absolute Gasteiger partial charge is 0.137 e. The molecule has 5 heteroatoms. The third kappa shape index (κ3) is 3.46. The van der Waals surface area contributed by atoms with Crippen LogP contribution in [0, 0.1) is 11.8 Å². The second-order valence-electron chi connectivity index (χ2n) is 4.92. The van der Waals surface area contributed by atoms with E-state index in [4.69, 9.17) is 21.1 Å². The van der Waals surface area contributed by atoms with Gasteiger partial charge in [0, 0.05) is 28.6 Å². The van der Waals surface area contributed by atoms with E-state index in [1.54, 1.807) is 7.11 Å². The summed E-state index contributed by atoms with van der Waals surface area (Å²) in [7, 11) is 1.69. The van der Waals surface area contributed by atoms with E-state index < -0.39 is 0 Å². The van der Waals surface area contributed by atoms with E-state index in [0.29, 0.717) is 16.9 Å². The van der Waals surface area contributed by atoms with Gasteiger partial charge in [0.15, 0.2) is 0 Å². The van der Waals surface area contributed by atoms with Gasteiger partial charge in [-0.05, 0) is 46.3 Å². The monoisotopic (exact) mass is 410 g/mol. The maximum absolute atomic E-state index is 6.17. The van der Waals surface area contributed by atoms with E-state index in [1.165, 1.54) is 0 Å². The van der Waals surface area contributed by atoms with Crippen molar-refractivity contribution >= 4 is 43.5 Å². The molecule has 2 nitrogen and oxygen atoms in total. The molecule has 3 atom stereocenters. The Labute approximate surface area is 136 Å². The molecule has 0 radical (unpaired) electrons. The van der Waals surface area contributed by atoms with Gasteiger partial charge in [0.1, 0.15) is 5.75 Å². The van der Waals surface area contributed by atoms with Crippen LogP contribution in [0.5, 0.6) is 5.75 Å². The summed E-state index contributed by atoms with van der Waals surface area (Å²) in [4.78, 5) is 0.219. The largest absolute Gasteiger partial charge is 0.495 e. The Morgan fingerprint density at radius 3 is 2.84 bits per heavy atom. The van der Waals surface area contributed by atoms with Crippen LogP contribution in [-0.4, -0.2) is 20.3 Å². The van der Waals surface area contributed by atoms with Crippen molar-refractivity contribution in [3.63, 3.8) is 0 Å². The second-order valence-corrected chi connectivity index (χ2v) is 7.19. The number of benzene rings is 1. The van der Waals surface area contributed by atoms with E-state index in [9.17, 15) is 0 Å². The molecule has 0 aliphatic carbocycles. The molecule has 1 aromatic rings. The number of hydrogen-bond donors (Lipinski definition) is 0. The Morgan fingerprint density at radius 2 is 2.21 bits per heavy atom. The first-order valence-corrected chi connectivity index (χ1v) is 8.38. The number of halogens is 3. The number of rotatable bonds is 3. The molecule has 0 spiro atoms. The van der Waals surface area contributed by atoms with Gasteiger partial charge in [0.2, 0.25) is 0 Å². The summed E-state index contributed by atoms with van der Waals surface area (Å²) in [6.45, 7) is 3.86. The lowest BCUT2D eigenvalue weighted by Crippen LogP contribution is -2.28. The van der Waals surface area contributed by atoms with Gasteiger partial charge in [0.25, 0.3) is 0 Å². The van der Waals surface area contributed by atoms with Crippen molar-refractivity contribution in [3.05, 3.63) is 27.2 Å². The molecular weight excluding hydrogens is 395 g/mol. The van der Waals surface area contributed by atoms with Gasteiger partial charge >= 0.3 is 0 Å². The predicted octanol–water partition coefficient (Wildman–Crippen LogP) is 5.22. The molecule has 1 saturated heterocycles. The minimum absolute atomic E-state index is 0.219. The van der Waals surface area contributed by atoms with Gasteiger partial charge in [-0.25, -0.2) is 0 Å². The molecule has 0 bridgehead atoms. The highest BCUT2D eigenvalue weighted by Crippen LogP contribution is 2.46. The lowest BCUT2D eigenvalue weighted by molar-refractivity contribution is 0.0239. The third-order valence-corrected chi connectivity index (χ3v) is 5.60. The molecule has 0 saturated carbocycles. The summed E-state index contributed by atoms with van der Waals surface area (Å²) in [6.07, 6.45) is 1.05.